The molecule has 5 nitrogen and oxygen atoms in total. The monoisotopic (exact) mass is 278 g/mol. The second-order valence-corrected chi connectivity index (χ2v) is 6.13. The zero-order chi connectivity index (χ0) is 14.5. The second kappa shape index (κ2) is 6.88. The van der Waals surface area contributed by atoms with Gasteiger partial charge in [-0.05, 0) is 25.3 Å². The normalized spacial score (nSPS) is 19.3. The van der Waals surface area contributed by atoms with Gasteiger partial charge < -0.3 is 14.8 Å². The van der Waals surface area contributed by atoms with Gasteiger partial charge in [-0.1, -0.05) is 20.3 Å². The summed E-state index contributed by atoms with van der Waals surface area (Å²) in [6, 6.07) is 0.466. The molecule has 0 aliphatic carbocycles. The number of hydrogen-bond acceptors (Lipinski definition) is 4. The van der Waals surface area contributed by atoms with E-state index in [4.69, 9.17) is 0 Å². The van der Waals surface area contributed by atoms with E-state index in [1.54, 1.807) is 17.0 Å². The van der Waals surface area contributed by atoms with Gasteiger partial charge in [0.15, 0.2) is 5.82 Å². The van der Waals surface area contributed by atoms with Crippen molar-refractivity contribution in [2.24, 2.45) is 5.92 Å². The second-order valence-electron chi connectivity index (χ2n) is 6.13. The number of likely N-dealkylation sites (N-methyl/N-ethyl adjacent to an activating group) is 1. The standard InChI is InChI=1S/C15H26N4O/c1-12(2)10-19-9-8-17-14(15(19)20)18(3)11-13-6-4-5-7-16-13/h8-9,12-13,16H,4-7,10-11H2,1-3H3. The first-order chi connectivity index (χ1) is 9.58. The molecule has 1 atom stereocenters. The first-order valence-electron chi connectivity index (χ1n) is 7.58. The summed E-state index contributed by atoms with van der Waals surface area (Å²) in [5, 5.41) is 3.51. The highest BCUT2D eigenvalue weighted by atomic mass is 16.1. The molecule has 2 rings (SSSR count). The van der Waals surface area contributed by atoms with Crippen LogP contribution in [0.25, 0.3) is 0 Å². The highest BCUT2D eigenvalue weighted by Gasteiger charge is 2.17. The highest BCUT2D eigenvalue weighted by Crippen LogP contribution is 2.10. The topological polar surface area (TPSA) is 50.2 Å². The van der Waals surface area contributed by atoms with E-state index >= 15 is 0 Å². The maximum Gasteiger partial charge on any atom is 0.293 e. The molecule has 2 heterocycles. The van der Waals surface area contributed by atoms with Crippen molar-refractivity contribution < 1.29 is 0 Å². The van der Waals surface area contributed by atoms with Gasteiger partial charge in [0.25, 0.3) is 5.56 Å². The molecule has 0 spiro atoms. The number of piperidine rings is 1. The minimum absolute atomic E-state index is 0.0134. The van der Waals surface area contributed by atoms with Crippen molar-refractivity contribution >= 4 is 5.82 Å². The SMILES string of the molecule is CC(C)Cn1ccnc(N(C)CC2CCCCN2)c1=O. The van der Waals surface area contributed by atoms with Crippen LogP contribution in [0.4, 0.5) is 5.82 Å². The van der Waals surface area contributed by atoms with E-state index in [0.29, 0.717) is 17.8 Å². The molecular formula is C15H26N4O. The van der Waals surface area contributed by atoms with E-state index in [2.05, 4.69) is 24.1 Å². The van der Waals surface area contributed by atoms with Crippen LogP contribution in [0, 0.1) is 5.92 Å². The predicted octanol–water partition coefficient (Wildman–Crippen LogP) is 1.48. The van der Waals surface area contributed by atoms with Crippen molar-refractivity contribution in [1.82, 2.24) is 14.9 Å². The Kier molecular flexibility index (Phi) is 5.17. The smallest absolute Gasteiger partial charge is 0.293 e. The van der Waals surface area contributed by atoms with Crippen molar-refractivity contribution in [2.75, 3.05) is 25.0 Å². The molecule has 1 aliphatic rings. The summed E-state index contributed by atoms with van der Waals surface area (Å²) in [7, 11) is 1.96. The maximum atomic E-state index is 12.4. The van der Waals surface area contributed by atoms with E-state index < -0.39 is 0 Å². The van der Waals surface area contributed by atoms with Crippen LogP contribution in [-0.4, -0.2) is 35.7 Å². The van der Waals surface area contributed by atoms with E-state index in [1.807, 2.05) is 11.9 Å². The van der Waals surface area contributed by atoms with Crippen molar-refractivity contribution in [2.45, 2.75) is 45.7 Å². The Balaban J connectivity index is 2.08. The van der Waals surface area contributed by atoms with Gasteiger partial charge in [0.2, 0.25) is 0 Å². The summed E-state index contributed by atoms with van der Waals surface area (Å²) in [5.74, 6) is 1.01. The molecular weight excluding hydrogens is 252 g/mol. The Labute approximate surface area is 121 Å². The van der Waals surface area contributed by atoms with Crippen molar-refractivity contribution in [1.29, 1.82) is 0 Å². The molecule has 1 fully saturated rings. The van der Waals surface area contributed by atoms with Crippen LogP contribution >= 0.6 is 0 Å². The van der Waals surface area contributed by atoms with Crippen LogP contribution in [0.1, 0.15) is 33.1 Å². The minimum atomic E-state index is 0.0134. The average molecular weight is 278 g/mol. The molecule has 20 heavy (non-hydrogen) atoms. The molecule has 1 unspecified atom stereocenters. The summed E-state index contributed by atoms with van der Waals surface area (Å²) < 4.78 is 1.76. The number of anilines is 1. The zero-order valence-electron chi connectivity index (χ0n) is 12.8. The number of nitrogens with one attached hydrogen (secondary N) is 1. The molecule has 5 heteroatoms. The van der Waals surface area contributed by atoms with Gasteiger partial charge in [0.05, 0.1) is 0 Å². The van der Waals surface area contributed by atoms with Crippen molar-refractivity contribution in [3.8, 4) is 0 Å². The Morgan fingerprint density at radius 1 is 1.50 bits per heavy atom. The van der Waals surface area contributed by atoms with Gasteiger partial charge in [-0.25, -0.2) is 4.98 Å². The van der Waals surface area contributed by atoms with Crippen LogP contribution in [-0.2, 0) is 6.54 Å². The van der Waals surface area contributed by atoms with Gasteiger partial charge >= 0.3 is 0 Å². The Bertz CT molecular complexity index is 477. The van der Waals surface area contributed by atoms with E-state index in [-0.39, 0.29) is 5.56 Å². The number of nitrogens with zero attached hydrogens (tertiary/aromatic N) is 3. The Morgan fingerprint density at radius 3 is 2.95 bits per heavy atom. The van der Waals surface area contributed by atoms with Crippen LogP contribution in [0.5, 0.6) is 0 Å². The summed E-state index contributed by atoms with van der Waals surface area (Å²) in [5.41, 5.74) is 0.0134. The Hall–Kier alpha value is -1.36. The Morgan fingerprint density at radius 2 is 2.30 bits per heavy atom. The summed E-state index contributed by atoms with van der Waals surface area (Å²) in [6.07, 6.45) is 7.20. The quantitative estimate of drug-likeness (QED) is 0.886. The molecule has 1 aromatic rings. The van der Waals surface area contributed by atoms with Crippen molar-refractivity contribution in [3.63, 3.8) is 0 Å². The molecule has 0 aromatic carbocycles. The third kappa shape index (κ3) is 3.82. The van der Waals surface area contributed by atoms with Crippen LogP contribution in [0.3, 0.4) is 0 Å². The van der Waals surface area contributed by atoms with E-state index in [1.165, 1.54) is 19.3 Å². The molecule has 112 valence electrons. The lowest BCUT2D eigenvalue weighted by molar-refractivity contribution is 0.402. The van der Waals surface area contributed by atoms with Gasteiger partial charge in [-0.2, -0.15) is 0 Å². The third-order valence-corrected chi connectivity index (χ3v) is 3.73. The van der Waals surface area contributed by atoms with Crippen LogP contribution in [0.15, 0.2) is 17.2 Å². The molecule has 0 saturated carbocycles. The number of rotatable bonds is 5. The molecule has 1 N–H and O–H groups in total. The number of aromatic nitrogens is 2. The highest BCUT2D eigenvalue weighted by molar-refractivity contribution is 5.34. The van der Waals surface area contributed by atoms with Gasteiger partial charge in [-0.3, -0.25) is 4.79 Å². The van der Waals surface area contributed by atoms with Crippen LogP contribution in [0.2, 0.25) is 0 Å². The van der Waals surface area contributed by atoms with E-state index in [9.17, 15) is 4.79 Å². The van der Waals surface area contributed by atoms with Crippen molar-refractivity contribution in [3.05, 3.63) is 22.7 Å². The maximum absolute atomic E-state index is 12.4. The van der Waals surface area contributed by atoms with Gasteiger partial charge in [0.1, 0.15) is 0 Å². The zero-order valence-corrected chi connectivity index (χ0v) is 12.8. The molecule has 0 bridgehead atoms. The van der Waals surface area contributed by atoms with Gasteiger partial charge in [0, 0.05) is 38.6 Å². The fourth-order valence-electron chi connectivity index (χ4n) is 2.73. The largest absolute Gasteiger partial charge is 0.354 e. The molecule has 0 amide bonds. The molecule has 1 aromatic heterocycles. The molecule has 0 radical (unpaired) electrons. The van der Waals surface area contributed by atoms with Crippen LogP contribution < -0.4 is 15.8 Å². The van der Waals surface area contributed by atoms with E-state index in [0.717, 1.165) is 19.6 Å². The molecule has 1 saturated heterocycles. The minimum Gasteiger partial charge on any atom is -0.354 e. The first-order valence-corrected chi connectivity index (χ1v) is 7.58. The number of hydrogen-bond donors (Lipinski definition) is 1. The predicted molar refractivity (Wildman–Crippen MR) is 82.2 cm³/mol. The lowest BCUT2D eigenvalue weighted by Crippen LogP contribution is -2.44. The fraction of sp³-hybridized carbons (Fsp3) is 0.733. The summed E-state index contributed by atoms with van der Waals surface area (Å²) in [4.78, 5) is 18.7. The first kappa shape index (κ1) is 15.0. The summed E-state index contributed by atoms with van der Waals surface area (Å²) in [6.45, 7) is 6.89. The third-order valence-electron chi connectivity index (χ3n) is 3.73. The average Bonchev–Trinajstić information content (AvgIpc) is 2.41. The fourth-order valence-corrected chi connectivity index (χ4v) is 2.73. The summed E-state index contributed by atoms with van der Waals surface area (Å²) >= 11 is 0. The molecule has 1 aliphatic heterocycles. The van der Waals surface area contributed by atoms with Gasteiger partial charge in [-0.15, -0.1) is 0 Å². The lowest BCUT2D eigenvalue weighted by Gasteiger charge is -2.28. The lowest BCUT2D eigenvalue weighted by atomic mass is 10.0.